The van der Waals surface area contributed by atoms with Gasteiger partial charge in [-0.25, -0.2) is 0 Å². The fraction of sp³-hybridized carbons (Fsp3) is 0.444. The van der Waals surface area contributed by atoms with Crippen LogP contribution in [0.3, 0.4) is 0 Å². The summed E-state index contributed by atoms with van der Waals surface area (Å²) in [4.78, 5) is 13.9. The highest BCUT2D eigenvalue weighted by molar-refractivity contribution is 5.86. The van der Waals surface area contributed by atoms with E-state index < -0.39 is 12.1 Å². The predicted molar refractivity (Wildman–Crippen MR) is 50.8 cm³/mol. The number of nitrogens with zero attached hydrogens (tertiary/aromatic N) is 2. The lowest BCUT2D eigenvalue weighted by atomic mass is 10.3. The highest BCUT2D eigenvalue weighted by Gasteiger charge is 2.38. The van der Waals surface area contributed by atoms with Crippen molar-refractivity contribution in [3.05, 3.63) is 24.4 Å². The van der Waals surface area contributed by atoms with Gasteiger partial charge in [0.15, 0.2) is 5.82 Å². The quantitative estimate of drug-likeness (QED) is 0.631. The van der Waals surface area contributed by atoms with E-state index in [1.165, 1.54) is 0 Å². The van der Waals surface area contributed by atoms with Crippen molar-refractivity contribution in [2.45, 2.75) is 19.0 Å². The zero-order chi connectivity index (χ0) is 12.9. The van der Waals surface area contributed by atoms with Gasteiger partial charge >= 0.3 is 12.1 Å². The summed E-state index contributed by atoms with van der Waals surface area (Å²) in [7, 11) is 0. The molecule has 1 aromatic rings. The fourth-order valence-corrected chi connectivity index (χ4v) is 1.00. The first-order valence-corrected chi connectivity index (χ1v) is 4.73. The molecule has 0 saturated heterocycles. The summed E-state index contributed by atoms with van der Waals surface area (Å²) in [6.45, 7) is 3.56. The third-order valence-electron chi connectivity index (χ3n) is 1.77. The van der Waals surface area contributed by atoms with Gasteiger partial charge in [-0.1, -0.05) is 11.7 Å². The van der Waals surface area contributed by atoms with Gasteiger partial charge in [0.1, 0.15) is 0 Å². The molecule has 0 atom stereocenters. The molecular formula is C9H10F3N3O2. The topological polar surface area (TPSA) is 68.0 Å². The van der Waals surface area contributed by atoms with Gasteiger partial charge in [0.25, 0.3) is 0 Å². The second-order valence-corrected chi connectivity index (χ2v) is 3.11. The maximum atomic E-state index is 12.1. The Balaban J connectivity index is 2.35. The summed E-state index contributed by atoms with van der Waals surface area (Å²) < 4.78 is 40.3. The van der Waals surface area contributed by atoms with Crippen molar-refractivity contribution in [1.82, 2.24) is 15.5 Å². The summed E-state index contributed by atoms with van der Waals surface area (Å²) in [5.41, 5.74) is 0. The van der Waals surface area contributed by atoms with Gasteiger partial charge in [-0.2, -0.15) is 18.2 Å². The average Bonchev–Trinajstić information content (AvgIpc) is 2.72. The molecule has 5 nitrogen and oxygen atoms in total. The highest BCUT2D eigenvalue weighted by Crippen LogP contribution is 2.27. The molecule has 0 aromatic carbocycles. The van der Waals surface area contributed by atoms with Crippen LogP contribution in [0, 0.1) is 0 Å². The van der Waals surface area contributed by atoms with E-state index in [4.69, 9.17) is 0 Å². The number of aryl methyl sites for hydroxylation is 1. The van der Waals surface area contributed by atoms with Crippen LogP contribution < -0.4 is 5.32 Å². The number of rotatable bonds is 5. The Morgan fingerprint density at radius 1 is 1.53 bits per heavy atom. The summed E-state index contributed by atoms with van der Waals surface area (Å²) in [5.74, 6) is -1.73. The van der Waals surface area contributed by atoms with Gasteiger partial charge in [0.05, 0.1) is 0 Å². The standard InChI is InChI=1S/C9H10F3N3O2/c1-2-7(16)13-5-3-4-6-14-8(17-15-6)9(10,11)12/h2H,1,3-5H2,(H,13,16). The molecule has 1 amide bonds. The molecule has 1 aromatic heterocycles. The molecule has 0 spiro atoms. The Bertz CT molecular complexity index is 400. The van der Waals surface area contributed by atoms with Crippen LogP contribution in [-0.4, -0.2) is 22.6 Å². The number of aromatic nitrogens is 2. The summed E-state index contributed by atoms with van der Waals surface area (Å²) in [5, 5.41) is 5.65. The molecule has 1 rings (SSSR count). The van der Waals surface area contributed by atoms with Crippen molar-refractivity contribution in [2.75, 3.05) is 6.54 Å². The molecular weight excluding hydrogens is 239 g/mol. The number of nitrogens with one attached hydrogen (secondary N) is 1. The Hall–Kier alpha value is -1.86. The number of carbonyl (C=O) groups excluding carboxylic acids is 1. The van der Waals surface area contributed by atoms with Gasteiger partial charge in [-0.15, -0.1) is 0 Å². The zero-order valence-electron chi connectivity index (χ0n) is 8.75. The molecule has 0 aliphatic rings. The predicted octanol–water partition coefficient (Wildman–Crippen LogP) is 1.32. The van der Waals surface area contributed by atoms with Gasteiger partial charge in [0, 0.05) is 13.0 Å². The molecule has 0 radical (unpaired) electrons. The highest BCUT2D eigenvalue weighted by atomic mass is 19.4. The Kier molecular flexibility index (Phi) is 4.24. The molecule has 0 aliphatic heterocycles. The second kappa shape index (κ2) is 5.46. The first-order valence-electron chi connectivity index (χ1n) is 4.73. The van der Waals surface area contributed by atoms with Crippen molar-refractivity contribution >= 4 is 5.91 Å². The Morgan fingerprint density at radius 3 is 2.76 bits per heavy atom. The van der Waals surface area contributed by atoms with E-state index in [1.54, 1.807) is 0 Å². The first kappa shape index (κ1) is 13.2. The molecule has 0 fully saturated rings. The molecule has 0 unspecified atom stereocenters. The van der Waals surface area contributed by atoms with Crippen LogP contribution in [0.5, 0.6) is 0 Å². The first-order chi connectivity index (χ1) is 7.93. The number of hydrogen-bond donors (Lipinski definition) is 1. The average molecular weight is 249 g/mol. The van der Waals surface area contributed by atoms with Gasteiger partial charge in [0.2, 0.25) is 5.91 Å². The van der Waals surface area contributed by atoms with E-state index in [-0.39, 0.29) is 18.2 Å². The molecule has 1 heterocycles. The van der Waals surface area contributed by atoms with Gasteiger partial charge < -0.3 is 9.84 Å². The van der Waals surface area contributed by atoms with E-state index in [0.29, 0.717) is 13.0 Å². The minimum atomic E-state index is -4.62. The number of amides is 1. The van der Waals surface area contributed by atoms with Crippen LogP contribution in [0.4, 0.5) is 13.2 Å². The van der Waals surface area contributed by atoms with E-state index in [2.05, 4.69) is 26.6 Å². The largest absolute Gasteiger partial charge is 0.471 e. The summed E-state index contributed by atoms with van der Waals surface area (Å²) in [6.07, 6.45) is -2.91. The lowest BCUT2D eigenvalue weighted by Gasteiger charge is -1.99. The second-order valence-electron chi connectivity index (χ2n) is 3.11. The Morgan fingerprint density at radius 2 is 2.24 bits per heavy atom. The van der Waals surface area contributed by atoms with Crippen LogP contribution in [-0.2, 0) is 17.4 Å². The maximum Gasteiger partial charge on any atom is 0.471 e. The SMILES string of the molecule is C=CC(=O)NCCCc1noc(C(F)(F)F)n1. The number of carbonyl (C=O) groups is 1. The van der Waals surface area contributed by atoms with Crippen LogP contribution in [0.15, 0.2) is 17.2 Å². The molecule has 94 valence electrons. The zero-order valence-corrected chi connectivity index (χ0v) is 8.75. The van der Waals surface area contributed by atoms with Crippen molar-refractivity contribution in [2.24, 2.45) is 0 Å². The van der Waals surface area contributed by atoms with Crippen LogP contribution in [0.25, 0.3) is 0 Å². The van der Waals surface area contributed by atoms with Crippen molar-refractivity contribution in [3.8, 4) is 0 Å². The lowest BCUT2D eigenvalue weighted by Crippen LogP contribution is -2.22. The maximum absolute atomic E-state index is 12.1. The van der Waals surface area contributed by atoms with Crippen LogP contribution >= 0.6 is 0 Å². The fourth-order valence-electron chi connectivity index (χ4n) is 1.00. The molecule has 0 aliphatic carbocycles. The smallest absolute Gasteiger partial charge is 0.353 e. The monoisotopic (exact) mass is 249 g/mol. The lowest BCUT2D eigenvalue weighted by molar-refractivity contribution is -0.159. The molecule has 1 N–H and O–H groups in total. The van der Waals surface area contributed by atoms with Gasteiger partial charge in [-0.3, -0.25) is 4.79 Å². The minimum absolute atomic E-state index is 0.0369. The van der Waals surface area contributed by atoms with E-state index in [1.807, 2.05) is 0 Å². The molecule has 0 saturated carbocycles. The van der Waals surface area contributed by atoms with Gasteiger partial charge in [-0.05, 0) is 12.5 Å². The van der Waals surface area contributed by atoms with Crippen molar-refractivity contribution in [3.63, 3.8) is 0 Å². The number of hydrogen-bond acceptors (Lipinski definition) is 4. The third kappa shape index (κ3) is 4.25. The van der Waals surface area contributed by atoms with Crippen molar-refractivity contribution < 1.29 is 22.5 Å². The minimum Gasteiger partial charge on any atom is -0.353 e. The van der Waals surface area contributed by atoms with Crippen LogP contribution in [0.1, 0.15) is 18.1 Å². The van der Waals surface area contributed by atoms with E-state index in [9.17, 15) is 18.0 Å². The third-order valence-corrected chi connectivity index (χ3v) is 1.77. The molecule has 0 bridgehead atoms. The van der Waals surface area contributed by atoms with Crippen molar-refractivity contribution in [1.29, 1.82) is 0 Å². The summed E-state index contributed by atoms with van der Waals surface area (Å²) >= 11 is 0. The van der Waals surface area contributed by atoms with E-state index >= 15 is 0 Å². The molecule has 8 heteroatoms. The normalized spacial score (nSPS) is 11.2. The van der Waals surface area contributed by atoms with E-state index in [0.717, 1.165) is 6.08 Å². The number of alkyl halides is 3. The summed E-state index contributed by atoms with van der Waals surface area (Å²) in [6, 6.07) is 0. The molecule has 17 heavy (non-hydrogen) atoms. The van der Waals surface area contributed by atoms with Crippen LogP contribution in [0.2, 0.25) is 0 Å². The Labute approximate surface area is 94.7 Å². The number of halogens is 3.